The van der Waals surface area contributed by atoms with E-state index >= 15 is 0 Å². The number of anilines is 3. The number of nitrogens with one attached hydrogen (secondary N) is 2. The number of carbonyl (C=O) groups excluding carboxylic acids is 2. The molecule has 0 saturated carbocycles. The van der Waals surface area contributed by atoms with Crippen molar-refractivity contribution in [2.75, 3.05) is 35.7 Å². The van der Waals surface area contributed by atoms with E-state index in [-0.39, 0.29) is 29.1 Å². The van der Waals surface area contributed by atoms with Gasteiger partial charge in [-0.25, -0.2) is 4.68 Å². The Hall–Kier alpha value is -4.74. The zero-order valence-corrected chi connectivity index (χ0v) is 34.0. The van der Waals surface area contributed by atoms with E-state index in [1.165, 1.54) is 0 Å². The highest BCUT2D eigenvalue weighted by Crippen LogP contribution is 2.40. The van der Waals surface area contributed by atoms with E-state index in [2.05, 4.69) is 77.5 Å². The van der Waals surface area contributed by atoms with Crippen molar-refractivity contribution >= 4 is 72.2 Å². The highest BCUT2D eigenvalue weighted by Gasteiger charge is 2.26. The molecule has 0 aliphatic carbocycles. The van der Waals surface area contributed by atoms with Gasteiger partial charge in [-0.3, -0.25) is 9.59 Å². The second kappa shape index (κ2) is 17.2. The smallest absolute Gasteiger partial charge is 0.265 e. The molecule has 0 saturated heterocycles. The third-order valence-corrected chi connectivity index (χ3v) is 9.28. The van der Waals surface area contributed by atoms with Crippen LogP contribution in [0.15, 0.2) is 73.8 Å². The average Bonchev–Trinajstić information content (AvgIpc) is 3.46. The minimum atomic E-state index is -0.797. The molecular weight excluding hydrogens is 792 g/mol. The van der Waals surface area contributed by atoms with Gasteiger partial charge in [0.2, 0.25) is 5.91 Å². The lowest BCUT2D eigenvalue weighted by Gasteiger charge is -2.23. The van der Waals surface area contributed by atoms with Gasteiger partial charge < -0.3 is 25.0 Å². The Balaban J connectivity index is 1.73. The van der Waals surface area contributed by atoms with Gasteiger partial charge in [-0.05, 0) is 113 Å². The minimum Gasteiger partial charge on any atom is -0.497 e. The summed E-state index contributed by atoms with van der Waals surface area (Å²) in [6.07, 6.45) is -0.797. The molecule has 0 fully saturated rings. The van der Waals surface area contributed by atoms with Gasteiger partial charge in [0.25, 0.3) is 5.91 Å². The van der Waals surface area contributed by atoms with Gasteiger partial charge in [0.1, 0.15) is 28.8 Å². The van der Waals surface area contributed by atoms with E-state index in [4.69, 9.17) is 14.6 Å². The highest BCUT2D eigenvalue weighted by molar-refractivity contribution is 9.11. The molecule has 274 valence electrons. The maximum atomic E-state index is 13.1. The number of halogens is 2. The molecule has 4 rings (SSSR count). The van der Waals surface area contributed by atoms with Crippen molar-refractivity contribution in [3.05, 3.63) is 74.8 Å². The van der Waals surface area contributed by atoms with Crippen LogP contribution in [-0.4, -0.2) is 47.9 Å². The van der Waals surface area contributed by atoms with Crippen molar-refractivity contribution in [1.82, 2.24) is 9.78 Å². The molecule has 1 atom stereocenters. The highest BCUT2D eigenvalue weighted by atomic mass is 79.9. The molecule has 2 amide bonds. The summed E-state index contributed by atoms with van der Waals surface area (Å²) in [5, 5.41) is 30.2. The van der Waals surface area contributed by atoms with Crippen LogP contribution in [0.25, 0.3) is 5.69 Å². The minimum absolute atomic E-state index is 0.108. The Morgan fingerprint density at radius 1 is 0.962 bits per heavy atom. The van der Waals surface area contributed by atoms with Crippen LogP contribution in [0, 0.1) is 16.7 Å². The number of hydrogen-bond acceptors (Lipinski definition) is 9. The molecule has 1 unspecified atom stereocenters. The molecule has 2 N–H and O–H groups in total. The first-order chi connectivity index (χ1) is 24.6. The maximum absolute atomic E-state index is 13.1. The lowest BCUT2D eigenvalue weighted by molar-refractivity contribution is -0.123. The maximum Gasteiger partial charge on any atom is 0.265 e. The number of nitriles is 1. The van der Waals surface area contributed by atoms with Gasteiger partial charge in [0.15, 0.2) is 11.9 Å². The van der Waals surface area contributed by atoms with E-state index in [9.17, 15) is 14.9 Å². The van der Waals surface area contributed by atoms with Gasteiger partial charge in [0, 0.05) is 38.8 Å². The van der Waals surface area contributed by atoms with Crippen LogP contribution in [-0.2, 0) is 9.59 Å². The zero-order valence-electron chi connectivity index (χ0n) is 30.8. The monoisotopic (exact) mass is 834 g/mol. The van der Waals surface area contributed by atoms with E-state index < -0.39 is 11.5 Å². The molecule has 3 aromatic carbocycles. The number of nitrogens with zero attached hydrogens (tertiary/aromatic N) is 6. The molecule has 4 aromatic rings. The summed E-state index contributed by atoms with van der Waals surface area (Å²) in [7, 11) is 1.58. The fourth-order valence-corrected chi connectivity index (χ4v) is 6.61. The standard InChI is InChI=1S/C38H44Br2N8O4/c1-10-47(11-2)25-12-17-31(32(20-25)43-37(50)38(6,7)8)44-45-35-28(21-41)33(22(3)4)46-48(35)34-29(39)18-24(19-30(34)40)42-36(49)23(5)52-27-15-13-26(51-9)14-16-27/h12-20,22-23H,10-11H2,1-9H3,(H,42,49)(H,43,50). The topological polar surface area (TPSA) is 146 Å². The third kappa shape index (κ3) is 9.37. The van der Waals surface area contributed by atoms with E-state index in [1.807, 2.05) is 46.8 Å². The van der Waals surface area contributed by atoms with Gasteiger partial charge in [0.05, 0.1) is 24.2 Å². The number of amides is 2. The Bertz CT molecular complexity index is 1970. The first kappa shape index (κ1) is 40.0. The SMILES string of the molecule is CCN(CC)c1ccc(N=Nc2c(C#N)c(C(C)C)nn2-c2c(Br)cc(NC(=O)C(C)Oc3ccc(OC)cc3)cc2Br)c(NC(=O)C(C)(C)C)c1. The van der Waals surface area contributed by atoms with Crippen LogP contribution in [0.2, 0.25) is 0 Å². The van der Waals surface area contributed by atoms with Crippen molar-refractivity contribution < 1.29 is 19.1 Å². The first-order valence-corrected chi connectivity index (χ1v) is 18.5. The fraction of sp³-hybridized carbons (Fsp3) is 0.368. The molecule has 1 aromatic heterocycles. The van der Waals surface area contributed by atoms with Crippen molar-refractivity contribution in [2.45, 2.75) is 67.4 Å². The Labute approximate surface area is 321 Å². The second-order valence-electron chi connectivity index (χ2n) is 13.3. The number of rotatable bonds is 13. The predicted octanol–water partition coefficient (Wildman–Crippen LogP) is 10.1. The summed E-state index contributed by atoms with van der Waals surface area (Å²) in [5.74, 6) is 0.773. The number of carbonyl (C=O) groups is 2. The van der Waals surface area contributed by atoms with Crippen molar-refractivity contribution in [1.29, 1.82) is 5.26 Å². The van der Waals surface area contributed by atoms with Crippen LogP contribution in [0.3, 0.4) is 0 Å². The lowest BCUT2D eigenvalue weighted by Crippen LogP contribution is -2.30. The second-order valence-corrected chi connectivity index (χ2v) is 15.0. The summed E-state index contributed by atoms with van der Waals surface area (Å²) < 4.78 is 13.7. The van der Waals surface area contributed by atoms with Crippen LogP contribution >= 0.6 is 31.9 Å². The van der Waals surface area contributed by atoms with Crippen molar-refractivity contribution in [3.8, 4) is 23.3 Å². The summed E-state index contributed by atoms with van der Waals surface area (Å²) in [6.45, 7) is 16.8. The van der Waals surface area contributed by atoms with Crippen LogP contribution < -0.4 is 25.0 Å². The number of hydrogen-bond donors (Lipinski definition) is 2. The summed E-state index contributed by atoms with van der Waals surface area (Å²) in [4.78, 5) is 28.4. The van der Waals surface area contributed by atoms with Crippen molar-refractivity contribution in [3.63, 3.8) is 0 Å². The van der Waals surface area contributed by atoms with Crippen LogP contribution in [0.1, 0.15) is 72.6 Å². The van der Waals surface area contributed by atoms with E-state index in [1.54, 1.807) is 61.2 Å². The summed E-state index contributed by atoms with van der Waals surface area (Å²) >= 11 is 7.30. The fourth-order valence-electron chi connectivity index (χ4n) is 5.09. The Morgan fingerprint density at radius 2 is 1.58 bits per heavy atom. The largest absolute Gasteiger partial charge is 0.497 e. The molecule has 1 heterocycles. The summed E-state index contributed by atoms with van der Waals surface area (Å²) in [6, 6.07) is 18.3. The molecule has 12 nitrogen and oxygen atoms in total. The predicted molar refractivity (Wildman–Crippen MR) is 212 cm³/mol. The van der Waals surface area contributed by atoms with Gasteiger partial charge >= 0.3 is 0 Å². The third-order valence-electron chi connectivity index (χ3n) is 8.08. The zero-order chi connectivity index (χ0) is 38.3. The van der Waals surface area contributed by atoms with Gasteiger partial charge in [-0.1, -0.05) is 34.6 Å². The average molecular weight is 837 g/mol. The summed E-state index contributed by atoms with van der Waals surface area (Å²) in [5.41, 5.74) is 3.02. The van der Waals surface area contributed by atoms with Gasteiger partial charge in [-0.15, -0.1) is 10.2 Å². The molecule has 0 radical (unpaired) electrons. The number of aromatic nitrogens is 2. The molecule has 0 aliphatic heterocycles. The Kier molecular flexibility index (Phi) is 13.2. The van der Waals surface area contributed by atoms with Gasteiger partial charge in [-0.2, -0.15) is 10.4 Å². The van der Waals surface area contributed by atoms with Crippen molar-refractivity contribution in [2.24, 2.45) is 15.6 Å². The number of benzene rings is 3. The number of methoxy groups -OCH3 is 1. The molecule has 14 heteroatoms. The number of ether oxygens (including phenoxy) is 2. The quantitative estimate of drug-likeness (QED) is 0.128. The molecule has 0 aliphatic rings. The Morgan fingerprint density at radius 3 is 2.12 bits per heavy atom. The number of azo groups is 1. The van der Waals surface area contributed by atoms with E-state index in [0.717, 1.165) is 18.8 Å². The van der Waals surface area contributed by atoms with Crippen LogP contribution in [0.4, 0.5) is 28.6 Å². The molecule has 52 heavy (non-hydrogen) atoms. The first-order valence-electron chi connectivity index (χ1n) is 16.9. The van der Waals surface area contributed by atoms with Crippen LogP contribution in [0.5, 0.6) is 11.5 Å². The normalized spacial score (nSPS) is 12.1. The van der Waals surface area contributed by atoms with E-state index in [0.29, 0.717) is 48.9 Å². The lowest BCUT2D eigenvalue weighted by atomic mass is 9.95. The molecular formula is C38H44Br2N8O4. The molecule has 0 spiro atoms. The molecule has 0 bridgehead atoms.